The van der Waals surface area contributed by atoms with E-state index in [1.54, 1.807) is 12.1 Å². The number of para-hydroxylation sites is 1. The fraction of sp³-hybridized carbons (Fsp3) is 0.294. The summed E-state index contributed by atoms with van der Waals surface area (Å²) in [6.07, 6.45) is -2.61. The van der Waals surface area contributed by atoms with Crippen LogP contribution in [0.1, 0.15) is 18.4 Å². The normalized spacial score (nSPS) is 18.9. The van der Waals surface area contributed by atoms with Gasteiger partial charge in [0, 0.05) is 12.1 Å². The molecule has 1 aliphatic heterocycles. The summed E-state index contributed by atoms with van der Waals surface area (Å²) in [4.78, 5) is -0.333. The lowest BCUT2D eigenvalue weighted by Crippen LogP contribution is -2.31. The molecule has 4 nitrogen and oxygen atoms in total. The summed E-state index contributed by atoms with van der Waals surface area (Å²) >= 11 is 0. The lowest BCUT2D eigenvalue weighted by atomic mass is 10.2. The molecule has 1 saturated heterocycles. The van der Waals surface area contributed by atoms with Crippen LogP contribution in [0, 0.1) is 0 Å². The van der Waals surface area contributed by atoms with E-state index in [1.165, 1.54) is 22.5 Å². The second-order valence-electron chi connectivity index (χ2n) is 5.54. The molecule has 0 N–H and O–H groups in total. The van der Waals surface area contributed by atoms with Crippen molar-refractivity contribution in [1.29, 1.82) is 0 Å². The van der Waals surface area contributed by atoms with Crippen LogP contribution in [0.5, 0.6) is 5.75 Å². The van der Waals surface area contributed by atoms with Crippen molar-refractivity contribution in [2.45, 2.75) is 23.8 Å². The van der Waals surface area contributed by atoms with Crippen LogP contribution in [0.4, 0.5) is 8.78 Å². The molecule has 24 heavy (non-hydrogen) atoms. The lowest BCUT2D eigenvalue weighted by molar-refractivity contribution is 0.147. The minimum Gasteiger partial charge on any atom is -0.489 e. The van der Waals surface area contributed by atoms with Crippen molar-refractivity contribution in [1.82, 2.24) is 4.31 Å². The summed E-state index contributed by atoms with van der Waals surface area (Å²) in [5.74, 6) is 0.662. The predicted octanol–water partition coefficient (Wildman–Crippen LogP) is 3.47. The summed E-state index contributed by atoms with van der Waals surface area (Å²) in [7, 11) is -3.97. The Hall–Kier alpha value is -1.99. The quantitative estimate of drug-likeness (QED) is 0.827. The number of benzene rings is 2. The molecule has 0 aromatic heterocycles. The monoisotopic (exact) mass is 353 g/mol. The molecule has 2 aromatic carbocycles. The Balaban J connectivity index is 1.78. The molecule has 7 heteroatoms. The third-order valence-corrected chi connectivity index (χ3v) is 5.86. The number of alkyl halides is 2. The Labute approximate surface area is 139 Å². The highest BCUT2D eigenvalue weighted by Gasteiger charge is 2.35. The molecule has 1 fully saturated rings. The van der Waals surface area contributed by atoms with Gasteiger partial charge < -0.3 is 4.74 Å². The highest BCUT2D eigenvalue weighted by molar-refractivity contribution is 7.89. The van der Waals surface area contributed by atoms with E-state index >= 15 is 0 Å². The first-order valence-electron chi connectivity index (χ1n) is 7.57. The SMILES string of the molecule is O=S(=O)(c1ccccc1C(F)F)N1CC[C@@H](Oc2ccccc2)C1. The van der Waals surface area contributed by atoms with Gasteiger partial charge in [-0.3, -0.25) is 0 Å². The highest BCUT2D eigenvalue weighted by atomic mass is 32.2. The molecule has 0 radical (unpaired) electrons. The Kier molecular flexibility index (Phi) is 4.82. The number of ether oxygens (including phenoxy) is 1. The van der Waals surface area contributed by atoms with Crippen molar-refractivity contribution in [3.63, 3.8) is 0 Å². The van der Waals surface area contributed by atoms with Crippen LogP contribution >= 0.6 is 0 Å². The van der Waals surface area contributed by atoms with Crippen LogP contribution in [0.15, 0.2) is 59.5 Å². The summed E-state index contributed by atoms with van der Waals surface area (Å²) in [6, 6.07) is 14.3. The second-order valence-corrected chi connectivity index (χ2v) is 7.45. The summed E-state index contributed by atoms with van der Waals surface area (Å²) in [5.41, 5.74) is -0.468. The fourth-order valence-electron chi connectivity index (χ4n) is 2.74. The number of halogens is 2. The maximum Gasteiger partial charge on any atom is 0.265 e. The number of nitrogens with zero attached hydrogens (tertiary/aromatic N) is 1. The van der Waals surface area contributed by atoms with E-state index in [9.17, 15) is 17.2 Å². The molecule has 1 atom stereocenters. The third-order valence-electron chi connectivity index (χ3n) is 3.93. The zero-order valence-electron chi connectivity index (χ0n) is 12.8. The van der Waals surface area contributed by atoms with Crippen LogP contribution < -0.4 is 4.74 Å². The van der Waals surface area contributed by atoms with Crippen LogP contribution in [-0.4, -0.2) is 31.9 Å². The largest absolute Gasteiger partial charge is 0.489 e. The number of rotatable bonds is 5. The first kappa shape index (κ1) is 16.9. The fourth-order valence-corrected chi connectivity index (χ4v) is 4.43. The van der Waals surface area contributed by atoms with Gasteiger partial charge in [-0.1, -0.05) is 36.4 Å². The first-order chi connectivity index (χ1) is 11.5. The summed E-state index contributed by atoms with van der Waals surface area (Å²) in [5, 5.41) is 0. The van der Waals surface area contributed by atoms with Crippen molar-refractivity contribution in [2.75, 3.05) is 13.1 Å². The van der Waals surface area contributed by atoms with Gasteiger partial charge in [0.15, 0.2) is 0 Å². The molecule has 0 bridgehead atoms. The average molecular weight is 353 g/mol. The van der Waals surface area contributed by atoms with Crippen LogP contribution in [-0.2, 0) is 10.0 Å². The minimum atomic E-state index is -3.97. The Morgan fingerprint density at radius 3 is 2.42 bits per heavy atom. The van der Waals surface area contributed by atoms with Gasteiger partial charge in [0.2, 0.25) is 10.0 Å². The number of sulfonamides is 1. The zero-order valence-corrected chi connectivity index (χ0v) is 13.6. The standard InChI is InChI=1S/C17H17F2NO3S/c18-17(19)15-8-4-5-9-16(15)24(21,22)20-11-10-14(12-20)23-13-6-2-1-3-7-13/h1-9,14,17H,10-12H2/t14-/m1/s1. The molecule has 0 spiro atoms. The van der Waals surface area contributed by atoms with Gasteiger partial charge in [-0.15, -0.1) is 0 Å². The molecule has 128 valence electrons. The Bertz CT molecular complexity index is 796. The Morgan fingerprint density at radius 1 is 1.04 bits per heavy atom. The van der Waals surface area contributed by atoms with E-state index < -0.39 is 22.0 Å². The van der Waals surface area contributed by atoms with Gasteiger partial charge in [-0.25, -0.2) is 17.2 Å². The molecular formula is C17H17F2NO3S. The lowest BCUT2D eigenvalue weighted by Gasteiger charge is -2.19. The van der Waals surface area contributed by atoms with Crippen molar-refractivity contribution in [3.05, 3.63) is 60.2 Å². The molecule has 0 aliphatic carbocycles. The molecular weight excluding hydrogens is 336 g/mol. The van der Waals surface area contributed by atoms with Crippen molar-refractivity contribution in [2.24, 2.45) is 0 Å². The minimum absolute atomic E-state index is 0.148. The number of hydrogen-bond acceptors (Lipinski definition) is 3. The van der Waals surface area contributed by atoms with Gasteiger partial charge in [0.25, 0.3) is 6.43 Å². The molecule has 0 amide bonds. The smallest absolute Gasteiger partial charge is 0.265 e. The van der Waals surface area contributed by atoms with E-state index in [-0.39, 0.29) is 24.1 Å². The maximum atomic E-state index is 13.1. The third kappa shape index (κ3) is 3.42. The summed E-state index contributed by atoms with van der Waals surface area (Å²) < 4.78 is 58.6. The first-order valence-corrected chi connectivity index (χ1v) is 9.01. The van der Waals surface area contributed by atoms with E-state index in [2.05, 4.69) is 0 Å². The number of hydrogen-bond donors (Lipinski definition) is 0. The predicted molar refractivity (Wildman–Crippen MR) is 85.6 cm³/mol. The van der Waals surface area contributed by atoms with E-state index in [1.807, 2.05) is 18.2 Å². The molecule has 2 aromatic rings. The zero-order chi connectivity index (χ0) is 17.2. The molecule has 3 rings (SSSR count). The van der Waals surface area contributed by atoms with E-state index in [0.29, 0.717) is 12.2 Å². The van der Waals surface area contributed by atoms with Crippen molar-refractivity contribution in [3.8, 4) is 5.75 Å². The van der Waals surface area contributed by atoms with Crippen molar-refractivity contribution < 1.29 is 21.9 Å². The highest BCUT2D eigenvalue weighted by Crippen LogP contribution is 2.30. The van der Waals surface area contributed by atoms with Crippen LogP contribution in [0.25, 0.3) is 0 Å². The van der Waals surface area contributed by atoms with Gasteiger partial charge in [-0.05, 0) is 24.6 Å². The Morgan fingerprint density at radius 2 is 1.71 bits per heavy atom. The topological polar surface area (TPSA) is 46.6 Å². The van der Waals surface area contributed by atoms with E-state index in [4.69, 9.17) is 4.74 Å². The van der Waals surface area contributed by atoms with Gasteiger partial charge >= 0.3 is 0 Å². The van der Waals surface area contributed by atoms with Gasteiger partial charge in [0.05, 0.1) is 11.4 Å². The molecule has 1 aliphatic rings. The molecule has 0 unspecified atom stereocenters. The van der Waals surface area contributed by atoms with Gasteiger partial charge in [0.1, 0.15) is 11.9 Å². The average Bonchev–Trinajstić information content (AvgIpc) is 3.05. The molecule has 0 saturated carbocycles. The molecule has 1 heterocycles. The maximum absolute atomic E-state index is 13.1. The summed E-state index contributed by atoms with van der Waals surface area (Å²) in [6.45, 7) is 0.395. The van der Waals surface area contributed by atoms with Gasteiger partial charge in [-0.2, -0.15) is 4.31 Å². The van der Waals surface area contributed by atoms with E-state index in [0.717, 1.165) is 6.07 Å². The van der Waals surface area contributed by atoms with Crippen LogP contribution in [0.3, 0.4) is 0 Å². The van der Waals surface area contributed by atoms with Crippen LogP contribution in [0.2, 0.25) is 0 Å². The van der Waals surface area contributed by atoms with Crippen molar-refractivity contribution >= 4 is 10.0 Å². The second kappa shape index (κ2) is 6.86.